The Morgan fingerprint density at radius 1 is 1.00 bits per heavy atom. The molecule has 0 saturated carbocycles. The molecule has 0 unspecified atom stereocenters. The Hall–Kier alpha value is -2.72. The molecule has 0 amide bonds. The molecule has 0 aliphatic rings. The average Bonchev–Trinajstić information content (AvgIpc) is 2.97. The van der Waals surface area contributed by atoms with Gasteiger partial charge in [0.15, 0.2) is 0 Å². The first-order valence-corrected chi connectivity index (χ1v) is 7.23. The largest absolute Gasteiger partial charge is 0.325 e. The molecule has 0 saturated heterocycles. The monoisotopic (exact) mass is 290 g/mol. The van der Waals surface area contributed by atoms with Gasteiger partial charge in [0, 0.05) is 6.54 Å². The fourth-order valence-corrected chi connectivity index (χ4v) is 2.35. The van der Waals surface area contributed by atoms with E-state index in [9.17, 15) is 0 Å². The topological polar surface area (TPSA) is 56.7 Å². The molecule has 0 bridgehead atoms. The van der Waals surface area contributed by atoms with Crippen LogP contribution >= 0.6 is 0 Å². The fourth-order valence-electron chi connectivity index (χ4n) is 2.35. The van der Waals surface area contributed by atoms with Gasteiger partial charge in [0.25, 0.3) is 0 Å². The second-order valence-electron chi connectivity index (χ2n) is 5.07. The highest BCUT2D eigenvalue weighted by atomic mass is 15.4. The molecule has 0 fully saturated rings. The molecule has 4 nitrogen and oxygen atoms in total. The number of hydrogen-bond acceptors (Lipinski definition) is 3. The molecule has 2 aromatic carbocycles. The Bertz CT molecular complexity index is 788. The van der Waals surface area contributed by atoms with Crippen LogP contribution in [0.5, 0.6) is 0 Å². The van der Waals surface area contributed by atoms with Crippen molar-refractivity contribution in [1.29, 1.82) is 0 Å². The third-order valence-corrected chi connectivity index (χ3v) is 3.55. The Labute approximate surface area is 129 Å². The van der Waals surface area contributed by atoms with E-state index < -0.39 is 0 Å². The standard InChI is InChI=1S/C18H18N4/c1-14-7-5-6-10-17(14)22-18(16(13-19)20-21-22)12-11-15-8-3-2-4-9-15/h2-12H,13,19H2,1H3/b12-11+. The molecule has 4 heteroatoms. The second-order valence-corrected chi connectivity index (χ2v) is 5.07. The summed E-state index contributed by atoms with van der Waals surface area (Å²) in [7, 11) is 0. The zero-order chi connectivity index (χ0) is 15.4. The molecule has 1 heterocycles. The molecule has 1 aromatic heterocycles. The highest BCUT2D eigenvalue weighted by Gasteiger charge is 2.11. The van der Waals surface area contributed by atoms with Gasteiger partial charge >= 0.3 is 0 Å². The van der Waals surface area contributed by atoms with Crippen LogP contribution in [0.15, 0.2) is 54.6 Å². The minimum Gasteiger partial charge on any atom is -0.325 e. The van der Waals surface area contributed by atoms with E-state index in [1.165, 1.54) is 0 Å². The van der Waals surface area contributed by atoms with Crippen LogP contribution in [0, 0.1) is 6.92 Å². The molecule has 22 heavy (non-hydrogen) atoms. The summed E-state index contributed by atoms with van der Waals surface area (Å²) in [6.07, 6.45) is 4.07. The number of hydrogen-bond donors (Lipinski definition) is 1. The first kappa shape index (κ1) is 14.2. The van der Waals surface area contributed by atoms with Gasteiger partial charge in [-0.05, 0) is 30.2 Å². The summed E-state index contributed by atoms with van der Waals surface area (Å²) >= 11 is 0. The van der Waals surface area contributed by atoms with Crippen molar-refractivity contribution in [2.75, 3.05) is 0 Å². The quantitative estimate of drug-likeness (QED) is 0.802. The highest BCUT2D eigenvalue weighted by Crippen LogP contribution is 2.18. The number of nitrogens with two attached hydrogens (primary N) is 1. The molecule has 0 aliphatic carbocycles. The lowest BCUT2D eigenvalue weighted by Gasteiger charge is -2.07. The molecule has 0 aliphatic heterocycles. The molecule has 3 rings (SSSR count). The van der Waals surface area contributed by atoms with E-state index in [2.05, 4.69) is 35.4 Å². The highest BCUT2D eigenvalue weighted by molar-refractivity contribution is 5.70. The van der Waals surface area contributed by atoms with Crippen LogP contribution in [0.1, 0.15) is 22.5 Å². The smallest absolute Gasteiger partial charge is 0.104 e. The van der Waals surface area contributed by atoms with Crippen molar-refractivity contribution >= 4 is 12.2 Å². The first-order chi connectivity index (χ1) is 10.8. The zero-order valence-corrected chi connectivity index (χ0v) is 12.5. The van der Waals surface area contributed by atoms with Crippen molar-refractivity contribution in [2.24, 2.45) is 5.73 Å². The Balaban J connectivity index is 2.05. The van der Waals surface area contributed by atoms with Gasteiger partial charge in [0.2, 0.25) is 0 Å². The molecular formula is C18H18N4. The lowest BCUT2D eigenvalue weighted by molar-refractivity contribution is 0.789. The molecule has 2 N–H and O–H groups in total. The maximum atomic E-state index is 5.80. The normalized spacial score (nSPS) is 11.2. The van der Waals surface area contributed by atoms with Gasteiger partial charge in [-0.2, -0.15) is 0 Å². The van der Waals surface area contributed by atoms with Gasteiger partial charge < -0.3 is 5.73 Å². The van der Waals surface area contributed by atoms with E-state index in [0.717, 1.165) is 28.2 Å². The summed E-state index contributed by atoms with van der Waals surface area (Å²) in [4.78, 5) is 0. The van der Waals surface area contributed by atoms with Crippen molar-refractivity contribution in [3.05, 3.63) is 77.1 Å². The van der Waals surface area contributed by atoms with Gasteiger partial charge in [0.1, 0.15) is 5.69 Å². The van der Waals surface area contributed by atoms with E-state index in [4.69, 9.17) is 5.73 Å². The number of para-hydroxylation sites is 1. The second kappa shape index (κ2) is 6.37. The van der Waals surface area contributed by atoms with Crippen LogP contribution in [0.25, 0.3) is 17.8 Å². The molecule has 3 aromatic rings. The van der Waals surface area contributed by atoms with Crippen LogP contribution in [0.3, 0.4) is 0 Å². The van der Waals surface area contributed by atoms with Crippen molar-refractivity contribution in [3.8, 4) is 5.69 Å². The zero-order valence-electron chi connectivity index (χ0n) is 12.5. The number of rotatable bonds is 4. The van der Waals surface area contributed by atoms with E-state index >= 15 is 0 Å². The maximum absolute atomic E-state index is 5.80. The average molecular weight is 290 g/mol. The minimum atomic E-state index is 0.361. The van der Waals surface area contributed by atoms with Gasteiger partial charge in [-0.25, -0.2) is 4.68 Å². The Morgan fingerprint density at radius 3 is 2.45 bits per heavy atom. The van der Waals surface area contributed by atoms with E-state index in [1.807, 2.05) is 53.2 Å². The van der Waals surface area contributed by atoms with Crippen molar-refractivity contribution in [3.63, 3.8) is 0 Å². The predicted molar refractivity (Wildman–Crippen MR) is 89.4 cm³/mol. The fraction of sp³-hybridized carbons (Fsp3) is 0.111. The van der Waals surface area contributed by atoms with Crippen LogP contribution < -0.4 is 5.73 Å². The maximum Gasteiger partial charge on any atom is 0.104 e. The third-order valence-electron chi connectivity index (χ3n) is 3.55. The van der Waals surface area contributed by atoms with Crippen molar-refractivity contribution in [1.82, 2.24) is 15.0 Å². The van der Waals surface area contributed by atoms with Crippen LogP contribution in [0.2, 0.25) is 0 Å². The number of aryl methyl sites for hydroxylation is 1. The van der Waals surface area contributed by atoms with Crippen molar-refractivity contribution in [2.45, 2.75) is 13.5 Å². The number of nitrogens with zero attached hydrogens (tertiary/aromatic N) is 3. The van der Waals surface area contributed by atoms with Gasteiger partial charge in [0.05, 0.1) is 11.4 Å². The summed E-state index contributed by atoms with van der Waals surface area (Å²) in [6.45, 7) is 2.42. The molecule has 0 atom stereocenters. The summed E-state index contributed by atoms with van der Waals surface area (Å²) < 4.78 is 1.84. The van der Waals surface area contributed by atoms with Crippen LogP contribution in [-0.2, 0) is 6.54 Å². The van der Waals surface area contributed by atoms with Gasteiger partial charge in [-0.15, -0.1) is 5.10 Å². The summed E-state index contributed by atoms with van der Waals surface area (Å²) in [5, 5.41) is 8.47. The Kier molecular flexibility index (Phi) is 4.12. The van der Waals surface area contributed by atoms with Crippen LogP contribution in [0.4, 0.5) is 0 Å². The lowest BCUT2D eigenvalue weighted by atomic mass is 10.1. The lowest BCUT2D eigenvalue weighted by Crippen LogP contribution is -2.03. The predicted octanol–water partition coefficient (Wildman–Crippen LogP) is 3.20. The molecule has 0 radical (unpaired) electrons. The third kappa shape index (κ3) is 2.82. The number of aromatic nitrogens is 3. The van der Waals surface area contributed by atoms with Gasteiger partial charge in [-0.1, -0.05) is 59.8 Å². The Morgan fingerprint density at radius 2 is 1.73 bits per heavy atom. The number of benzene rings is 2. The SMILES string of the molecule is Cc1ccccc1-n1nnc(CN)c1/C=C/c1ccccc1. The van der Waals surface area contributed by atoms with Gasteiger partial charge in [-0.3, -0.25) is 0 Å². The molecule has 110 valence electrons. The molecular weight excluding hydrogens is 272 g/mol. The minimum absolute atomic E-state index is 0.361. The van der Waals surface area contributed by atoms with E-state index in [-0.39, 0.29) is 0 Å². The van der Waals surface area contributed by atoms with Crippen molar-refractivity contribution < 1.29 is 0 Å². The first-order valence-electron chi connectivity index (χ1n) is 7.23. The molecule has 0 spiro atoms. The van der Waals surface area contributed by atoms with E-state index in [0.29, 0.717) is 6.54 Å². The summed E-state index contributed by atoms with van der Waals surface area (Å²) in [5.74, 6) is 0. The summed E-state index contributed by atoms with van der Waals surface area (Å²) in [6, 6.07) is 18.2. The van der Waals surface area contributed by atoms with E-state index in [1.54, 1.807) is 0 Å². The summed E-state index contributed by atoms with van der Waals surface area (Å²) in [5.41, 5.74) is 10.8. The van der Waals surface area contributed by atoms with Crippen LogP contribution in [-0.4, -0.2) is 15.0 Å².